The van der Waals surface area contributed by atoms with Crippen LogP contribution in [-0.4, -0.2) is 20.3 Å². The zero-order valence-corrected chi connectivity index (χ0v) is 14.1. The number of nitrogens with one attached hydrogen (secondary N) is 1. The molecule has 0 aliphatic rings. The van der Waals surface area contributed by atoms with Gasteiger partial charge in [-0.2, -0.15) is 0 Å². The number of halogens is 2. The highest BCUT2D eigenvalue weighted by molar-refractivity contribution is 9.10. The molecule has 0 saturated heterocycles. The third-order valence-electron chi connectivity index (χ3n) is 2.83. The Hall–Kier alpha value is -1.23. The van der Waals surface area contributed by atoms with Gasteiger partial charge in [0.2, 0.25) is 0 Å². The summed E-state index contributed by atoms with van der Waals surface area (Å²) in [6.07, 6.45) is 0. The van der Waals surface area contributed by atoms with Crippen molar-refractivity contribution in [2.75, 3.05) is 20.3 Å². The van der Waals surface area contributed by atoms with Crippen LogP contribution in [0.4, 0.5) is 0 Å². The predicted molar refractivity (Wildman–Crippen MR) is 89.3 cm³/mol. The quantitative estimate of drug-likeness (QED) is 0.738. The molecule has 5 heteroatoms. The van der Waals surface area contributed by atoms with E-state index >= 15 is 0 Å². The first kappa shape index (κ1) is 16.1. The van der Waals surface area contributed by atoms with Gasteiger partial charge < -0.3 is 14.8 Å². The minimum atomic E-state index is 0.466. The Morgan fingerprint density at radius 3 is 2.48 bits per heavy atom. The fourth-order valence-corrected chi connectivity index (χ4v) is 2.67. The van der Waals surface area contributed by atoms with Gasteiger partial charge >= 0.3 is 0 Å². The fourth-order valence-electron chi connectivity index (χ4n) is 1.88. The zero-order valence-electron chi connectivity index (χ0n) is 11.7. The maximum absolute atomic E-state index is 5.89. The Morgan fingerprint density at radius 1 is 1.05 bits per heavy atom. The summed E-state index contributed by atoms with van der Waals surface area (Å²) in [4.78, 5) is 0. The molecule has 112 valence electrons. The summed E-state index contributed by atoms with van der Waals surface area (Å²) >= 11 is 9.31. The third kappa shape index (κ3) is 4.92. The predicted octanol–water partition coefficient (Wildman–Crippen LogP) is 4.28. The average Bonchev–Trinajstić information content (AvgIpc) is 2.47. The van der Waals surface area contributed by atoms with Crippen molar-refractivity contribution in [2.24, 2.45) is 0 Å². The van der Waals surface area contributed by atoms with E-state index in [1.807, 2.05) is 37.4 Å². The van der Waals surface area contributed by atoms with Crippen LogP contribution in [0.25, 0.3) is 0 Å². The molecule has 0 spiro atoms. The molecule has 0 radical (unpaired) electrons. The minimum absolute atomic E-state index is 0.466. The van der Waals surface area contributed by atoms with E-state index in [9.17, 15) is 0 Å². The Kier molecular flexibility index (Phi) is 6.36. The Labute approximate surface area is 138 Å². The highest BCUT2D eigenvalue weighted by Gasteiger charge is 2.04. The van der Waals surface area contributed by atoms with E-state index in [0.29, 0.717) is 18.2 Å². The van der Waals surface area contributed by atoms with Crippen molar-refractivity contribution in [1.29, 1.82) is 0 Å². The van der Waals surface area contributed by atoms with Crippen molar-refractivity contribution in [2.45, 2.75) is 6.54 Å². The third-order valence-corrected chi connectivity index (χ3v) is 3.69. The van der Waals surface area contributed by atoms with Crippen LogP contribution in [0.3, 0.4) is 0 Å². The topological polar surface area (TPSA) is 30.5 Å². The van der Waals surface area contributed by atoms with Crippen LogP contribution >= 0.6 is 27.5 Å². The van der Waals surface area contributed by atoms with Crippen LogP contribution in [0.15, 0.2) is 46.9 Å². The summed E-state index contributed by atoms with van der Waals surface area (Å²) in [6, 6.07) is 13.4. The molecular weight excluding hydrogens is 354 g/mol. The molecule has 2 aromatic rings. The second kappa shape index (κ2) is 8.27. The van der Waals surface area contributed by atoms with E-state index in [1.165, 1.54) is 0 Å². The van der Waals surface area contributed by atoms with Crippen LogP contribution in [-0.2, 0) is 6.54 Å². The molecule has 1 N–H and O–H groups in total. The van der Waals surface area contributed by atoms with Crippen LogP contribution in [0.1, 0.15) is 5.56 Å². The van der Waals surface area contributed by atoms with Crippen molar-refractivity contribution >= 4 is 27.5 Å². The van der Waals surface area contributed by atoms with Crippen LogP contribution in [0, 0.1) is 0 Å². The normalized spacial score (nSPS) is 10.4. The number of benzene rings is 2. The molecule has 0 saturated carbocycles. The molecule has 0 bridgehead atoms. The van der Waals surface area contributed by atoms with Crippen LogP contribution in [0.5, 0.6) is 11.5 Å². The maximum Gasteiger partial charge on any atom is 0.133 e. The van der Waals surface area contributed by atoms with Gasteiger partial charge in [-0.25, -0.2) is 0 Å². The molecule has 0 fully saturated rings. The number of rotatable bonds is 7. The Morgan fingerprint density at radius 2 is 1.76 bits per heavy atom. The minimum Gasteiger partial charge on any atom is -0.490 e. The van der Waals surface area contributed by atoms with Gasteiger partial charge in [0.15, 0.2) is 0 Å². The van der Waals surface area contributed by atoms with E-state index in [2.05, 4.69) is 21.2 Å². The lowest BCUT2D eigenvalue weighted by molar-refractivity contribution is 0.215. The van der Waals surface area contributed by atoms with Gasteiger partial charge in [0.25, 0.3) is 0 Å². The van der Waals surface area contributed by atoms with Crippen molar-refractivity contribution < 1.29 is 9.47 Å². The molecule has 2 rings (SSSR count). The highest BCUT2D eigenvalue weighted by Crippen LogP contribution is 2.28. The number of para-hydroxylation sites is 1. The molecule has 0 heterocycles. The molecular formula is C16H17BrClNO2. The first-order chi connectivity index (χ1) is 10.2. The monoisotopic (exact) mass is 369 g/mol. The molecule has 0 aliphatic heterocycles. The first-order valence-electron chi connectivity index (χ1n) is 6.64. The lowest BCUT2D eigenvalue weighted by Crippen LogP contribution is -2.12. The van der Waals surface area contributed by atoms with Crippen LogP contribution in [0.2, 0.25) is 5.02 Å². The summed E-state index contributed by atoms with van der Waals surface area (Å²) in [5.41, 5.74) is 1.13. The summed E-state index contributed by atoms with van der Waals surface area (Å²) in [7, 11) is 1.91. The summed E-state index contributed by atoms with van der Waals surface area (Å²) in [5, 5.41) is 3.80. The van der Waals surface area contributed by atoms with Gasteiger partial charge in [-0.05, 0) is 47.2 Å². The smallest absolute Gasteiger partial charge is 0.133 e. The van der Waals surface area contributed by atoms with Gasteiger partial charge in [0.05, 0.1) is 4.47 Å². The molecule has 0 atom stereocenters. The van der Waals surface area contributed by atoms with Gasteiger partial charge in [-0.1, -0.05) is 29.8 Å². The average molecular weight is 371 g/mol. The highest BCUT2D eigenvalue weighted by atomic mass is 79.9. The summed E-state index contributed by atoms with van der Waals surface area (Å²) < 4.78 is 12.3. The van der Waals surface area contributed by atoms with Crippen molar-refractivity contribution in [3.8, 4) is 11.5 Å². The van der Waals surface area contributed by atoms with Gasteiger partial charge in [-0.15, -0.1) is 0 Å². The Bertz CT molecular complexity index is 592. The number of hydrogen-bond donors (Lipinski definition) is 1. The second-order valence-electron chi connectivity index (χ2n) is 4.41. The molecule has 0 unspecified atom stereocenters. The Balaban J connectivity index is 1.84. The molecule has 21 heavy (non-hydrogen) atoms. The maximum atomic E-state index is 5.89. The summed E-state index contributed by atoms with van der Waals surface area (Å²) in [6.45, 7) is 1.73. The summed E-state index contributed by atoms with van der Waals surface area (Å²) in [5.74, 6) is 1.64. The van der Waals surface area contributed by atoms with Crippen molar-refractivity contribution in [3.63, 3.8) is 0 Å². The van der Waals surface area contributed by atoms with E-state index in [-0.39, 0.29) is 0 Å². The van der Waals surface area contributed by atoms with E-state index < -0.39 is 0 Å². The largest absolute Gasteiger partial charge is 0.490 e. The number of ether oxygens (including phenoxy) is 2. The second-order valence-corrected chi connectivity index (χ2v) is 5.70. The lowest BCUT2D eigenvalue weighted by atomic mass is 10.2. The molecule has 2 aromatic carbocycles. The van der Waals surface area contributed by atoms with Crippen molar-refractivity contribution in [3.05, 3.63) is 57.5 Å². The van der Waals surface area contributed by atoms with E-state index in [1.54, 1.807) is 12.1 Å². The van der Waals surface area contributed by atoms with E-state index in [4.69, 9.17) is 21.1 Å². The van der Waals surface area contributed by atoms with Crippen LogP contribution < -0.4 is 14.8 Å². The molecule has 0 aliphatic carbocycles. The fraction of sp³-hybridized carbons (Fsp3) is 0.250. The van der Waals surface area contributed by atoms with Crippen molar-refractivity contribution in [1.82, 2.24) is 5.32 Å². The van der Waals surface area contributed by atoms with Gasteiger partial charge in [0.1, 0.15) is 24.7 Å². The SMILES string of the molecule is CNCc1ccccc1OCCOc1ccc(Cl)cc1Br. The molecule has 0 aromatic heterocycles. The lowest BCUT2D eigenvalue weighted by Gasteiger charge is -2.12. The van der Waals surface area contributed by atoms with Gasteiger partial charge in [0, 0.05) is 17.1 Å². The van der Waals surface area contributed by atoms with E-state index in [0.717, 1.165) is 28.1 Å². The number of hydrogen-bond acceptors (Lipinski definition) is 3. The first-order valence-corrected chi connectivity index (χ1v) is 7.81. The van der Waals surface area contributed by atoms with Gasteiger partial charge in [-0.3, -0.25) is 0 Å². The standard InChI is InChI=1S/C16H17BrClNO2/c1-19-11-12-4-2-3-5-15(12)20-8-9-21-16-7-6-13(18)10-14(16)17/h2-7,10,19H,8-9,11H2,1H3. The molecule has 0 amide bonds. The molecule has 3 nitrogen and oxygen atoms in total. The zero-order chi connectivity index (χ0) is 15.1.